The van der Waals surface area contributed by atoms with Crippen LogP contribution in [0, 0.1) is 0 Å². The highest BCUT2D eigenvalue weighted by Gasteiger charge is 2.38. The molecule has 3 aromatic carbocycles. The van der Waals surface area contributed by atoms with E-state index in [0.717, 1.165) is 35.7 Å². The largest absolute Gasteiger partial charge is 0.486 e. The van der Waals surface area contributed by atoms with E-state index in [1.54, 1.807) is 6.07 Å². The van der Waals surface area contributed by atoms with Gasteiger partial charge in [0.15, 0.2) is 0 Å². The third-order valence-electron chi connectivity index (χ3n) is 8.50. The molecule has 5 rings (SSSR count). The molecule has 0 bridgehead atoms. The van der Waals surface area contributed by atoms with Crippen LogP contribution in [0.4, 0.5) is 30.5 Å². The summed E-state index contributed by atoms with van der Waals surface area (Å²) >= 11 is 0. The number of hydrogen-bond acceptors (Lipinski definition) is 4. The number of alkyl halides is 3. The number of aryl methyl sites for hydroxylation is 1. The first-order valence-electron chi connectivity index (χ1n) is 16.3. The van der Waals surface area contributed by atoms with Crippen LogP contribution >= 0.6 is 0 Å². The van der Waals surface area contributed by atoms with E-state index in [2.05, 4.69) is 61.5 Å². The molecule has 0 unspecified atom stereocenters. The molecular weight excluding hydrogens is 589 g/mol. The summed E-state index contributed by atoms with van der Waals surface area (Å²) in [6, 6.07) is 13.2. The van der Waals surface area contributed by atoms with Crippen LogP contribution in [0.5, 0.6) is 5.75 Å². The molecule has 0 atom stereocenters. The Kier molecular flexibility index (Phi) is 9.43. The number of hydrogen-bond donors (Lipinski definition) is 3. The second kappa shape index (κ2) is 13.0. The molecular formula is C37H45F3N4O2. The molecule has 6 nitrogen and oxygen atoms in total. The summed E-state index contributed by atoms with van der Waals surface area (Å²) in [7, 11) is 0. The fourth-order valence-corrected chi connectivity index (χ4v) is 6.22. The van der Waals surface area contributed by atoms with Gasteiger partial charge in [-0.25, -0.2) is 4.98 Å². The number of aromatic nitrogens is 2. The summed E-state index contributed by atoms with van der Waals surface area (Å²) in [5.74, 6) is 0.173. The third-order valence-corrected chi connectivity index (χ3v) is 8.50. The Hall–Kier alpha value is -4.01. The Labute approximate surface area is 269 Å². The van der Waals surface area contributed by atoms with Gasteiger partial charge in [0.2, 0.25) is 5.95 Å². The lowest BCUT2D eigenvalue weighted by Gasteiger charge is -2.24. The van der Waals surface area contributed by atoms with Crippen LogP contribution in [0.25, 0.3) is 11.0 Å². The highest BCUT2D eigenvalue weighted by Crippen LogP contribution is 2.43. The first-order valence-corrected chi connectivity index (χ1v) is 16.3. The number of rotatable bonds is 11. The molecule has 4 aromatic rings. The van der Waals surface area contributed by atoms with Gasteiger partial charge >= 0.3 is 6.18 Å². The molecule has 1 aromatic heterocycles. The highest BCUT2D eigenvalue weighted by molar-refractivity contribution is 6.09. The van der Waals surface area contributed by atoms with E-state index < -0.39 is 23.2 Å². The van der Waals surface area contributed by atoms with E-state index in [4.69, 9.17) is 9.72 Å². The van der Waals surface area contributed by atoms with Crippen LogP contribution in [0.1, 0.15) is 113 Å². The van der Waals surface area contributed by atoms with Crippen LogP contribution in [0.3, 0.4) is 0 Å². The average Bonchev–Trinajstić information content (AvgIpc) is 3.52. The van der Waals surface area contributed by atoms with Crippen molar-refractivity contribution in [1.29, 1.82) is 0 Å². The van der Waals surface area contributed by atoms with Gasteiger partial charge in [0.25, 0.3) is 5.91 Å². The summed E-state index contributed by atoms with van der Waals surface area (Å²) in [6.45, 7) is 12.6. The van der Waals surface area contributed by atoms with Crippen LogP contribution in [-0.2, 0) is 24.4 Å². The van der Waals surface area contributed by atoms with Gasteiger partial charge in [0.05, 0.1) is 27.8 Å². The molecule has 46 heavy (non-hydrogen) atoms. The van der Waals surface area contributed by atoms with Crippen LogP contribution < -0.4 is 15.4 Å². The van der Waals surface area contributed by atoms with Gasteiger partial charge < -0.3 is 20.4 Å². The monoisotopic (exact) mass is 634 g/mol. The molecule has 0 aliphatic carbocycles. The van der Waals surface area contributed by atoms with Crippen molar-refractivity contribution >= 4 is 34.3 Å². The number of benzene rings is 3. The number of unbranched alkanes of at least 4 members (excludes halogenated alkanes) is 5. The van der Waals surface area contributed by atoms with Crippen molar-refractivity contribution in [2.45, 2.75) is 110 Å². The lowest BCUT2D eigenvalue weighted by atomic mass is 9.85. The van der Waals surface area contributed by atoms with Crippen molar-refractivity contribution < 1.29 is 22.7 Å². The smallest absolute Gasteiger partial charge is 0.418 e. The maximum absolute atomic E-state index is 13.7. The fourth-order valence-electron chi connectivity index (χ4n) is 6.22. The first-order chi connectivity index (χ1) is 21.7. The second-order valence-corrected chi connectivity index (χ2v) is 14.0. The van der Waals surface area contributed by atoms with Crippen LogP contribution in [0.15, 0.2) is 48.5 Å². The lowest BCUT2D eigenvalue weighted by Crippen LogP contribution is -2.25. The van der Waals surface area contributed by atoms with E-state index in [9.17, 15) is 18.0 Å². The Balaban J connectivity index is 1.47. The number of H-pyrrole nitrogens is 1. The summed E-state index contributed by atoms with van der Waals surface area (Å²) < 4.78 is 47.2. The number of nitrogens with one attached hydrogen (secondary N) is 3. The summed E-state index contributed by atoms with van der Waals surface area (Å²) in [6.07, 6.45) is 4.31. The number of nitrogens with zero attached hydrogens (tertiary/aromatic N) is 1. The number of carbonyl (C=O) groups excluding carboxylic acids is 1. The molecule has 0 radical (unpaired) electrons. The molecule has 0 saturated carbocycles. The summed E-state index contributed by atoms with van der Waals surface area (Å²) in [5, 5.41) is 5.99. The van der Waals surface area contributed by atoms with E-state index >= 15 is 0 Å². The number of anilines is 3. The SMILES string of the molecule is CCCCCCCCc1ccc(C(C)(C)C)c(Nc2nc3c4c(c(C(=O)Nc5ccccc5C(F)(F)F)cc3[nH]2)OC(C)(C)C4)c1. The molecule has 0 spiro atoms. The average molecular weight is 635 g/mol. The first kappa shape index (κ1) is 33.4. The molecule has 246 valence electrons. The summed E-state index contributed by atoms with van der Waals surface area (Å²) in [5.41, 5.74) is 3.56. The molecule has 0 saturated heterocycles. The third kappa shape index (κ3) is 7.51. The molecule has 9 heteroatoms. The van der Waals surface area contributed by atoms with E-state index in [1.807, 2.05) is 13.8 Å². The minimum atomic E-state index is -4.62. The number of amides is 1. The van der Waals surface area contributed by atoms with Gasteiger partial charge in [-0.2, -0.15) is 13.2 Å². The van der Waals surface area contributed by atoms with Crippen molar-refractivity contribution in [3.8, 4) is 5.75 Å². The Bertz CT molecular complexity index is 1720. The lowest BCUT2D eigenvalue weighted by molar-refractivity contribution is -0.136. The number of carbonyl (C=O) groups is 1. The van der Waals surface area contributed by atoms with Crippen molar-refractivity contribution in [3.63, 3.8) is 0 Å². The number of fused-ring (bicyclic) bond motifs is 3. The molecule has 1 aliphatic heterocycles. The normalized spacial score (nSPS) is 14.3. The van der Waals surface area contributed by atoms with Gasteiger partial charge in [-0.3, -0.25) is 4.79 Å². The van der Waals surface area contributed by atoms with Crippen molar-refractivity contribution in [1.82, 2.24) is 9.97 Å². The minimum Gasteiger partial charge on any atom is -0.486 e. The van der Waals surface area contributed by atoms with Gasteiger partial charge in [-0.15, -0.1) is 0 Å². The fraction of sp³-hybridized carbons (Fsp3) is 0.459. The number of para-hydroxylation sites is 1. The molecule has 0 fully saturated rings. The minimum absolute atomic E-state index is 0.121. The van der Waals surface area contributed by atoms with Gasteiger partial charge in [0, 0.05) is 17.7 Å². The number of imidazole rings is 1. The molecule has 1 amide bonds. The van der Waals surface area contributed by atoms with Gasteiger partial charge in [-0.05, 0) is 67.5 Å². The Morgan fingerprint density at radius 2 is 1.67 bits per heavy atom. The maximum Gasteiger partial charge on any atom is 0.418 e. The quantitative estimate of drug-likeness (QED) is 0.143. The van der Waals surface area contributed by atoms with Crippen molar-refractivity contribution in [2.24, 2.45) is 0 Å². The molecule has 3 N–H and O–H groups in total. The topological polar surface area (TPSA) is 79.0 Å². The van der Waals surface area contributed by atoms with Crippen molar-refractivity contribution in [3.05, 3.63) is 76.3 Å². The molecule has 1 aliphatic rings. The maximum atomic E-state index is 13.7. The van der Waals surface area contributed by atoms with Gasteiger partial charge in [-0.1, -0.05) is 84.1 Å². The van der Waals surface area contributed by atoms with E-state index in [1.165, 1.54) is 55.9 Å². The number of ether oxygens (including phenoxy) is 1. The molecule has 2 heterocycles. The van der Waals surface area contributed by atoms with Crippen LogP contribution in [0.2, 0.25) is 0 Å². The van der Waals surface area contributed by atoms with Crippen molar-refractivity contribution in [2.75, 3.05) is 10.6 Å². The number of aromatic amines is 1. The zero-order valence-corrected chi connectivity index (χ0v) is 27.7. The second-order valence-electron chi connectivity index (χ2n) is 14.0. The Morgan fingerprint density at radius 3 is 2.39 bits per heavy atom. The summed E-state index contributed by atoms with van der Waals surface area (Å²) in [4.78, 5) is 21.8. The van der Waals surface area contributed by atoms with Crippen LogP contribution in [-0.4, -0.2) is 21.5 Å². The van der Waals surface area contributed by atoms with E-state index in [-0.39, 0.29) is 16.7 Å². The Morgan fingerprint density at radius 1 is 0.957 bits per heavy atom. The highest BCUT2D eigenvalue weighted by atomic mass is 19.4. The van der Waals surface area contributed by atoms with Gasteiger partial charge in [0.1, 0.15) is 11.4 Å². The predicted molar refractivity (Wildman–Crippen MR) is 179 cm³/mol. The zero-order chi connectivity index (χ0) is 33.3. The zero-order valence-electron chi connectivity index (χ0n) is 27.7. The number of halogens is 3. The van der Waals surface area contributed by atoms with E-state index in [0.29, 0.717) is 29.2 Å². The predicted octanol–water partition coefficient (Wildman–Crippen LogP) is 10.5. The standard InChI is InChI=1S/C37H45F3N4O2/c1-7-8-9-10-11-12-15-23-18-19-26(35(2,3)4)29(20-23)42-34-43-30-21-24(32-25(31(30)44-34)22-36(5,6)46-32)33(45)41-28-17-14-13-16-27(28)37(38,39)40/h13-14,16-21H,7-12,15,22H2,1-6H3,(H,41,45)(H2,42,43,44).